The second kappa shape index (κ2) is 6.60. The summed E-state index contributed by atoms with van der Waals surface area (Å²) in [5.41, 5.74) is 3.45. The van der Waals surface area contributed by atoms with E-state index in [1.807, 2.05) is 47.9 Å². The van der Waals surface area contributed by atoms with Crippen molar-refractivity contribution in [3.63, 3.8) is 0 Å². The topological polar surface area (TPSA) is 104 Å². The van der Waals surface area contributed by atoms with E-state index in [2.05, 4.69) is 20.3 Å². The summed E-state index contributed by atoms with van der Waals surface area (Å²) in [4.78, 5) is 15.6. The van der Waals surface area contributed by atoms with E-state index < -0.39 is 4.92 Å². The standard InChI is InChI=1S/C19H13N7O2S/c1-12-17(24-11-3-2-4-15(24)20-12)18-21-22-19-25(18)23-16(29-19)10-7-13-5-8-14(9-6-13)26(27)28/h2-11H,1H3/b10-7+. The zero-order valence-electron chi connectivity index (χ0n) is 15.1. The molecule has 1 aromatic carbocycles. The molecule has 5 aromatic rings. The van der Waals surface area contributed by atoms with Gasteiger partial charge in [0.2, 0.25) is 10.8 Å². The van der Waals surface area contributed by atoms with Gasteiger partial charge in [0.25, 0.3) is 5.69 Å². The molecule has 9 nitrogen and oxygen atoms in total. The Balaban J connectivity index is 1.51. The number of aromatic nitrogens is 6. The molecule has 0 atom stereocenters. The molecule has 0 bridgehead atoms. The first-order valence-corrected chi connectivity index (χ1v) is 9.50. The molecular weight excluding hydrogens is 390 g/mol. The Labute approximate surface area is 167 Å². The fourth-order valence-electron chi connectivity index (χ4n) is 3.10. The number of nitro groups is 1. The normalized spacial score (nSPS) is 11.8. The summed E-state index contributed by atoms with van der Waals surface area (Å²) >= 11 is 1.41. The molecule has 0 spiro atoms. The number of nitro benzene ring substituents is 1. The summed E-state index contributed by atoms with van der Waals surface area (Å²) in [6.45, 7) is 1.94. The molecule has 0 amide bonds. The third-order valence-corrected chi connectivity index (χ3v) is 5.31. The van der Waals surface area contributed by atoms with Gasteiger partial charge >= 0.3 is 0 Å². The smallest absolute Gasteiger partial charge is 0.269 e. The second-order valence-electron chi connectivity index (χ2n) is 6.31. The Morgan fingerprint density at radius 3 is 2.72 bits per heavy atom. The van der Waals surface area contributed by atoms with Crippen LogP contribution in [0.3, 0.4) is 0 Å². The maximum absolute atomic E-state index is 10.8. The molecule has 5 rings (SSSR count). The average Bonchev–Trinajstić information content (AvgIpc) is 3.38. The fraction of sp³-hybridized carbons (Fsp3) is 0.0526. The average molecular weight is 403 g/mol. The Morgan fingerprint density at radius 1 is 1.10 bits per heavy atom. The summed E-state index contributed by atoms with van der Waals surface area (Å²) in [5.74, 6) is 0.627. The lowest BCUT2D eigenvalue weighted by atomic mass is 10.2. The Kier molecular flexibility index (Phi) is 3.91. The van der Waals surface area contributed by atoms with Gasteiger partial charge in [0.05, 0.1) is 10.6 Å². The van der Waals surface area contributed by atoms with E-state index in [1.54, 1.807) is 16.6 Å². The minimum absolute atomic E-state index is 0.0639. The molecule has 0 radical (unpaired) electrons. The van der Waals surface area contributed by atoms with Crippen LogP contribution in [0.15, 0.2) is 48.7 Å². The van der Waals surface area contributed by atoms with Crippen LogP contribution in [0, 0.1) is 17.0 Å². The van der Waals surface area contributed by atoms with Crippen molar-refractivity contribution in [3.05, 3.63) is 75.0 Å². The van der Waals surface area contributed by atoms with Crippen molar-refractivity contribution in [1.29, 1.82) is 0 Å². The summed E-state index contributed by atoms with van der Waals surface area (Å²) < 4.78 is 3.68. The third-order valence-electron chi connectivity index (χ3n) is 4.44. The van der Waals surface area contributed by atoms with Crippen LogP contribution in [0.1, 0.15) is 16.3 Å². The van der Waals surface area contributed by atoms with Gasteiger partial charge in [-0.3, -0.25) is 14.5 Å². The minimum atomic E-state index is -0.417. The van der Waals surface area contributed by atoms with Crippen molar-refractivity contribution in [2.24, 2.45) is 0 Å². The van der Waals surface area contributed by atoms with Crippen molar-refractivity contribution in [2.45, 2.75) is 6.92 Å². The van der Waals surface area contributed by atoms with Gasteiger partial charge in [-0.15, -0.1) is 10.2 Å². The van der Waals surface area contributed by atoms with Gasteiger partial charge in [-0.1, -0.05) is 23.5 Å². The van der Waals surface area contributed by atoms with E-state index >= 15 is 0 Å². The predicted octanol–water partition coefficient (Wildman–Crippen LogP) is 3.89. The molecule has 4 aromatic heterocycles. The fourth-order valence-corrected chi connectivity index (χ4v) is 3.85. The largest absolute Gasteiger partial charge is 0.297 e. The second-order valence-corrected chi connectivity index (χ2v) is 7.30. The van der Waals surface area contributed by atoms with Crippen LogP contribution in [0.5, 0.6) is 0 Å². The van der Waals surface area contributed by atoms with Crippen LogP contribution in [-0.4, -0.2) is 34.1 Å². The lowest BCUT2D eigenvalue weighted by Gasteiger charge is -1.99. The molecule has 29 heavy (non-hydrogen) atoms. The molecule has 0 aliphatic heterocycles. The van der Waals surface area contributed by atoms with Crippen molar-refractivity contribution < 1.29 is 4.92 Å². The highest BCUT2D eigenvalue weighted by atomic mass is 32.1. The van der Waals surface area contributed by atoms with Crippen LogP contribution >= 0.6 is 11.3 Å². The van der Waals surface area contributed by atoms with E-state index in [9.17, 15) is 10.1 Å². The van der Waals surface area contributed by atoms with E-state index in [4.69, 9.17) is 0 Å². The van der Waals surface area contributed by atoms with Gasteiger partial charge in [-0.05, 0) is 42.8 Å². The van der Waals surface area contributed by atoms with E-state index in [-0.39, 0.29) is 5.69 Å². The number of nitrogens with zero attached hydrogens (tertiary/aromatic N) is 7. The molecule has 0 saturated heterocycles. The molecule has 0 N–H and O–H groups in total. The van der Waals surface area contributed by atoms with Crippen LogP contribution in [0.2, 0.25) is 0 Å². The number of rotatable bonds is 4. The molecule has 0 aliphatic rings. The number of hydrogen-bond donors (Lipinski definition) is 0. The Morgan fingerprint density at radius 2 is 1.93 bits per heavy atom. The van der Waals surface area contributed by atoms with E-state index in [0.717, 1.165) is 27.6 Å². The summed E-state index contributed by atoms with van der Waals surface area (Å²) in [6, 6.07) is 12.2. The first-order chi connectivity index (χ1) is 14.1. The molecule has 0 unspecified atom stereocenters. The third kappa shape index (κ3) is 2.95. The predicted molar refractivity (Wildman–Crippen MR) is 110 cm³/mol. The highest BCUT2D eigenvalue weighted by molar-refractivity contribution is 7.17. The zero-order valence-corrected chi connectivity index (χ0v) is 15.9. The Bertz CT molecular complexity index is 1400. The molecule has 0 aliphatic carbocycles. The number of benzene rings is 1. The number of hydrogen-bond acceptors (Lipinski definition) is 7. The molecule has 10 heteroatoms. The van der Waals surface area contributed by atoms with E-state index in [0.29, 0.717) is 10.8 Å². The zero-order chi connectivity index (χ0) is 20.0. The SMILES string of the molecule is Cc1nc2ccccn2c1-c1nnc2sc(/C=C/c3ccc([N+](=O)[O-])cc3)nn12. The maximum atomic E-state index is 10.8. The molecular formula is C19H13N7O2S. The number of non-ortho nitro benzene ring substituents is 1. The highest BCUT2D eigenvalue weighted by Crippen LogP contribution is 2.26. The van der Waals surface area contributed by atoms with Gasteiger partial charge in [0.15, 0.2) is 0 Å². The van der Waals surface area contributed by atoms with Gasteiger partial charge in [0, 0.05) is 18.3 Å². The summed E-state index contributed by atoms with van der Waals surface area (Å²) in [5, 5.41) is 24.7. The van der Waals surface area contributed by atoms with Gasteiger partial charge < -0.3 is 0 Å². The minimum Gasteiger partial charge on any atom is -0.297 e. The first-order valence-electron chi connectivity index (χ1n) is 8.69. The van der Waals surface area contributed by atoms with Gasteiger partial charge in [-0.2, -0.15) is 9.61 Å². The number of imidazole rings is 1. The quantitative estimate of drug-likeness (QED) is 0.333. The van der Waals surface area contributed by atoms with Crippen LogP contribution in [0.4, 0.5) is 5.69 Å². The number of pyridine rings is 1. The summed E-state index contributed by atoms with van der Waals surface area (Å²) in [7, 11) is 0. The highest BCUT2D eigenvalue weighted by Gasteiger charge is 2.19. The summed E-state index contributed by atoms with van der Waals surface area (Å²) in [6.07, 6.45) is 5.65. The van der Waals surface area contributed by atoms with Crippen LogP contribution in [0.25, 0.3) is 34.3 Å². The van der Waals surface area contributed by atoms with Crippen molar-refractivity contribution in [1.82, 2.24) is 29.2 Å². The monoisotopic (exact) mass is 403 g/mol. The van der Waals surface area contributed by atoms with Gasteiger partial charge in [-0.25, -0.2) is 4.98 Å². The van der Waals surface area contributed by atoms with Crippen LogP contribution < -0.4 is 0 Å². The maximum Gasteiger partial charge on any atom is 0.269 e. The molecule has 0 fully saturated rings. The molecule has 4 heterocycles. The van der Waals surface area contributed by atoms with Gasteiger partial charge in [0.1, 0.15) is 16.3 Å². The van der Waals surface area contributed by atoms with Crippen molar-refractivity contribution >= 4 is 39.8 Å². The number of fused-ring (bicyclic) bond motifs is 2. The first kappa shape index (κ1) is 17.2. The van der Waals surface area contributed by atoms with Crippen molar-refractivity contribution in [3.8, 4) is 11.5 Å². The Hall–Kier alpha value is -3.92. The molecule has 142 valence electrons. The lowest BCUT2D eigenvalue weighted by molar-refractivity contribution is -0.384. The van der Waals surface area contributed by atoms with Crippen molar-refractivity contribution in [2.75, 3.05) is 0 Å². The lowest BCUT2D eigenvalue weighted by Crippen LogP contribution is -1.96. The molecule has 0 saturated carbocycles. The number of aryl methyl sites for hydroxylation is 1. The van der Waals surface area contributed by atoms with Crippen LogP contribution in [-0.2, 0) is 0 Å². The van der Waals surface area contributed by atoms with E-state index in [1.165, 1.54) is 23.5 Å².